The minimum absolute atomic E-state index is 0.189. The predicted molar refractivity (Wildman–Crippen MR) is 84.6 cm³/mol. The molecule has 0 radical (unpaired) electrons. The molecule has 1 aromatic carbocycles. The highest BCUT2D eigenvalue weighted by atomic mass is 32.1. The summed E-state index contributed by atoms with van der Waals surface area (Å²) in [7, 11) is 0. The second kappa shape index (κ2) is 5.69. The van der Waals surface area contributed by atoms with E-state index in [1.807, 2.05) is 23.8 Å². The Morgan fingerprint density at radius 3 is 2.86 bits per heavy atom. The predicted octanol–water partition coefficient (Wildman–Crippen LogP) is 4.30. The van der Waals surface area contributed by atoms with Gasteiger partial charge in [-0.15, -0.1) is 11.3 Å². The van der Waals surface area contributed by atoms with Crippen molar-refractivity contribution in [3.05, 3.63) is 64.8 Å². The van der Waals surface area contributed by atoms with Crippen LogP contribution >= 0.6 is 11.3 Å². The molecule has 2 aromatic heterocycles. The molecule has 5 heteroatoms. The highest BCUT2D eigenvalue weighted by Gasteiger charge is 2.07. The Kier molecular flexibility index (Phi) is 3.75. The number of imidazole rings is 1. The summed E-state index contributed by atoms with van der Waals surface area (Å²) in [6.45, 7) is 4.70. The highest BCUT2D eigenvalue weighted by Crippen LogP contribution is 2.29. The van der Waals surface area contributed by atoms with E-state index in [4.69, 9.17) is 0 Å². The Morgan fingerprint density at radius 1 is 1.29 bits per heavy atom. The summed E-state index contributed by atoms with van der Waals surface area (Å²) in [6.07, 6.45) is 5.49. The van der Waals surface area contributed by atoms with Crippen LogP contribution in [0, 0.1) is 19.7 Å². The van der Waals surface area contributed by atoms with Gasteiger partial charge in [0.25, 0.3) is 0 Å². The molecule has 108 valence electrons. The lowest BCUT2D eigenvalue weighted by Gasteiger charge is -2.08. The van der Waals surface area contributed by atoms with Gasteiger partial charge in [-0.2, -0.15) is 0 Å². The van der Waals surface area contributed by atoms with E-state index in [-0.39, 0.29) is 5.82 Å². The van der Waals surface area contributed by atoms with Crippen LogP contribution in [0.2, 0.25) is 0 Å². The highest BCUT2D eigenvalue weighted by molar-refractivity contribution is 7.15. The van der Waals surface area contributed by atoms with Crippen LogP contribution in [0.15, 0.2) is 43.0 Å². The molecule has 3 nitrogen and oxygen atoms in total. The zero-order valence-corrected chi connectivity index (χ0v) is 12.7. The van der Waals surface area contributed by atoms with E-state index in [1.165, 1.54) is 10.9 Å². The molecule has 0 unspecified atom stereocenters. The average molecular weight is 301 g/mol. The third kappa shape index (κ3) is 2.97. The number of hydrogen-bond acceptors (Lipinski definition) is 3. The molecule has 0 aliphatic carbocycles. The Labute approximate surface area is 127 Å². The Hall–Kier alpha value is -2.14. The summed E-state index contributed by atoms with van der Waals surface area (Å²) in [6, 6.07) is 7.01. The summed E-state index contributed by atoms with van der Waals surface area (Å²) in [5.74, 6) is -0.189. The van der Waals surface area contributed by atoms with Crippen molar-refractivity contribution >= 4 is 17.0 Å². The number of hydrogen-bond donors (Lipinski definition) is 1. The van der Waals surface area contributed by atoms with Crippen molar-refractivity contribution in [3.8, 4) is 5.00 Å². The third-order valence-electron chi connectivity index (χ3n) is 3.44. The summed E-state index contributed by atoms with van der Waals surface area (Å²) < 4.78 is 15.1. The van der Waals surface area contributed by atoms with Crippen LogP contribution < -0.4 is 5.32 Å². The zero-order valence-electron chi connectivity index (χ0n) is 11.9. The SMILES string of the molecule is Cc1cc(F)ccc1CNc1cc(-n2ccnc2)sc1C. The maximum absolute atomic E-state index is 13.1. The molecule has 0 saturated carbocycles. The summed E-state index contributed by atoms with van der Waals surface area (Å²) in [4.78, 5) is 5.29. The van der Waals surface area contributed by atoms with Gasteiger partial charge in [-0.05, 0) is 43.2 Å². The van der Waals surface area contributed by atoms with Crippen molar-refractivity contribution < 1.29 is 4.39 Å². The molecule has 3 rings (SSSR count). The number of nitrogens with zero attached hydrogens (tertiary/aromatic N) is 2. The largest absolute Gasteiger partial charge is 0.380 e. The Bertz CT molecular complexity index is 747. The van der Waals surface area contributed by atoms with E-state index < -0.39 is 0 Å². The van der Waals surface area contributed by atoms with Crippen molar-refractivity contribution in [3.63, 3.8) is 0 Å². The van der Waals surface area contributed by atoms with E-state index in [9.17, 15) is 4.39 Å². The van der Waals surface area contributed by atoms with Crippen LogP contribution in [0.25, 0.3) is 5.00 Å². The summed E-state index contributed by atoms with van der Waals surface area (Å²) >= 11 is 1.71. The van der Waals surface area contributed by atoms with Crippen molar-refractivity contribution in [2.24, 2.45) is 0 Å². The average Bonchev–Trinajstić information content (AvgIpc) is 3.07. The standard InChI is InChI=1S/C16H16FN3S/c1-11-7-14(17)4-3-13(11)9-19-15-8-16(21-12(15)2)20-6-5-18-10-20/h3-8,10,19H,9H2,1-2H3. The van der Waals surface area contributed by atoms with E-state index in [0.29, 0.717) is 6.54 Å². The number of anilines is 1. The van der Waals surface area contributed by atoms with Gasteiger partial charge in [0.05, 0.1) is 12.0 Å². The first-order chi connectivity index (χ1) is 10.1. The number of thiophene rings is 1. The first-order valence-corrected chi connectivity index (χ1v) is 7.53. The minimum atomic E-state index is -0.189. The maximum Gasteiger partial charge on any atom is 0.123 e. The number of rotatable bonds is 4. The van der Waals surface area contributed by atoms with Crippen molar-refractivity contribution in [1.29, 1.82) is 0 Å². The number of aryl methyl sites for hydroxylation is 2. The molecule has 2 heterocycles. The van der Waals surface area contributed by atoms with Gasteiger partial charge in [-0.1, -0.05) is 6.07 Å². The number of nitrogens with one attached hydrogen (secondary N) is 1. The van der Waals surface area contributed by atoms with Gasteiger partial charge in [0.2, 0.25) is 0 Å². The Balaban J connectivity index is 1.76. The van der Waals surface area contributed by atoms with Gasteiger partial charge in [0.15, 0.2) is 0 Å². The normalized spacial score (nSPS) is 10.8. The number of halogens is 1. The van der Waals surface area contributed by atoms with Crippen LogP contribution in [-0.4, -0.2) is 9.55 Å². The van der Waals surface area contributed by atoms with Gasteiger partial charge < -0.3 is 5.32 Å². The number of aromatic nitrogens is 2. The van der Waals surface area contributed by atoms with Crippen molar-refractivity contribution in [2.45, 2.75) is 20.4 Å². The van der Waals surface area contributed by atoms with Crippen molar-refractivity contribution in [2.75, 3.05) is 5.32 Å². The molecule has 0 atom stereocenters. The van der Waals surface area contributed by atoms with E-state index in [1.54, 1.807) is 29.9 Å². The van der Waals surface area contributed by atoms with Gasteiger partial charge in [0.1, 0.15) is 10.8 Å². The van der Waals surface area contributed by atoms with Gasteiger partial charge in [-0.25, -0.2) is 9.37 Å². The molecule has 0 aliphatic heterocycles. The van der Waals surface area contributed by atoms with E-state index in [2.05, 4.69) is 23.3 Å². The topological polar surface area (TPSA) is 29.9 Å². The first kappa shape index (κ1) is 13.8. The van der Waals surface area contributed by atoms with Crippen LogP contribution in [-0.2, 0) is 6.54 Å². The lowest BCUT2D eigenvalue weighted by molar-refractivity contribution is 0.625. The molecule has 0 amide bonds. The maximum atomic E-state index is 13.1. The van der Waals surface area contributed by atoms with Gasteiger partial charge in [-0.3, -0.25) is 4.57 Å². The molecule has 1 N–H and O–H groups in total. The second-order valence-corrected chi connectivity index (χ2v) is 6.18. The van der Waals surface area contributed by atoms with Crippen LogP contribution in [0.5, 0.6) is 0 Å². The fraction of sp³-hybridized carbons (Fsp3) is 0.188. The van der Waals surface area contributed by atoms with E-state index >= 15 is 0 Å². The lowest BCUT2D eigenvalue weighted by atomic mass is 10.1. The quantitative estimate of drug-likeness (QED) is 0.778. The molecule has 0 spiro atoms. The smallest absolute Gasteiger partial charge is 0.123 e. The molecular weight excluding hydrogens is 285 g/mol. The van der Waals surface area contributed by atoms with Crippen LogP contribution in [0.3, 0.4) is 0 Å². The molecule has 0 bridgehead atoms. The monoisotopic (exact) mass is 301 g/mol. The summed E-state index contributed by atoms with van der Waals surface area (Å²) in [5.41, 5.74) is 3.17. The van der Waals surface area contributed by atoms with Gasteiger partial charge in [0, 0.05) is 23.8 Å². The minimum Gasteiger partial charge on any atom is -0.380 e. The fourth-order valence-electron chi connectivity index (χ4n) is 2.21. The fourth-order valence-corrected chi connectivity index (χ4v) is 3.15. The third-order valence-corrected chi connectivity index (χ3v) is 4.50. The molecule has 3 aromatic rings. The number of benzene rings is 1. The first-order valence-electron chi connectivity index (χ1n) is 6.71. The molecular formula is C16H16FN3S. The zero-order chi connectivity index (χ0) is 14.8. The van der Waals surface area contributed by atoms with Crippen LogP contribution in [0.1, 0.15) is 16.0 Å². The molecule has 0 fully saturated rings. The van der Waals surface area contributed by atoms with Gasteiger partial charge >= 0.3 is 0 Å². The van der Waals surface area contributed by atoms with E-state index in [0.717, 1.165) is 21.8 Å². The molecule has 0 aliphatic rings. The second-order valence-electron chi connectivity index (χ2n) is 4.95. The van der Waals surface area contributed by atoms with Crippen molar-refractivity contribution in [1.82, 2.24) is 9.55 Å². The van der Waals surface area contributed by atoms with Crippen LogP contribution in [0.4, 0.5) is 10.1 Å². The molecule has 0 saturated heterocycles. The Morgan fingerprint density at radius 2 is 2.14 bits per heavy atom. The summed E-state index contributed by atoms with van der Waals surface area (Å²) in [5, 5.41) is 4.55. The molecule has 21 heavy (non-hydrogen) atoms. The lowest BCUT2D eigenvalue weighted by Crippen LogP contribution is -2.01.